The van der Waals surface area contributed by atoms with Gasteiger partial charge in [-0.25, -0.2) is 16.8 Å². The van der Waals surface area contributed by atoms with Crippen molar-refractivity contribution in [2.45, 2.75) is 37.9 Å². The Morgan fingerprint density at radius 2 is 1.23 bits per heavy atom. The minimum atomic E-state index is -3.86. The fraction of sp³-hybridized carbons (Fsp3) is 0.474. The maximum atomic E-state index is 14.0. The Bertz CT molecular complexity index is 1090. The molecule has 26 heavy (non-hydrogen) atoms. The van der Waals surface area contributed by atoms with Gasteiger partial charge in [0.1, 0.15) is 9.49 Å². The molecule has 3 aliphatic carbocycles. The van der Waals surface area contributed by atoms with Crippen LogP contribution < -0.4 is 0 Å². The van der Waals surface area contributed by atoms with E-state index in [1.165, 1.54) is 12.1 Å². The molecule has 0 N–H and O–H groups in total. The van der Waals surface area contributed by atoms with E-state index in [2.05, 4.69) is 12.2 Å². The molecule has 7 heteroatoms. The largest absolute Gasteiger partial charge is 0.363 e. The first-order valence-corrected chi connectivity index (χ1v) is 12.0. The van der Waals surface area contributed by atoms with Gasteiger partial charge in [-0.05, 0) is 42.2 Å². The van der Waals surface area contributed by atoms with Crippen LogP contribution in [0.25, 0.3) is 0 Å². The van der Waals surface area contributed by atoms with Gasteiger partial charge in [0, 0.05) is 0 Å². The number of ether oxygens (including phenoxy) is 1. The monoisotopic (exact) mass is 388 g/mol. The highest BCUT2D eigenvalue weighted by molar-refractivity contribution is 8.00. The molecule has 1 saturated heterocycles. The molecule has 0 radical (unpaired) electrons. The third-order valence-electron chi connectivity index (χ3n) is 7.98. The lowest BCUT2D eigenvalue weighted by molar-refractivity contribution is 0.0291. The van der Waals surface area contributed by atoms with Crippen molar-refractivity contribution in [3.05, 3.63) is 48.6 Å². The van der Waals surface area contributed by atoms with Crippen LogP contribution in [0.1, 0.15) is 6.42 Å². The van der Waals surface area contributed by atoms with E-state index in [0.717, 1.165) is 6.42 Å². The highest BCUT2D eigenvalue weighted by Gasteiger charge is 2.95. The number of allylic oxidation sites excluding steroid dienone is 2. The predicted molar refractivity (Wildman–Crippen MR) is 91.8 cm³/mol. The van der Waals surface area contributed by atoms with Gasteiger partial charge in [-0.1, -0.05) is 36.4 Å². The molecule has 134 valence electrons. The van der Waals surface area contributed by atoms with Crippen LogP contribution in [0, 0.1) is 23.7 Å². The number of hydrogen-bond acceptors (Lipinski definition) is 5. The molecule has 5 nitrogen and oxygen atoms in total. The molecule has 3 aliphatic heterocycles. The zero-order valence-corrected chi connectivity index (χ0v) is 15.3. The van der Waals surface area contributed by atoms with Gasteiger partial charge in [0.25, 0.3) is 0 Å². The minimum absolute atomic E-state index is 0.0367. The third-order valence-corrected chi connectivity index (χ3v) is 13.6. The van der Waals surface area contributed by atoms with Crippen LogP contribution in [-0.4, -0.2) is 38.5 Å². The van der Waals surface area contributed by atoms with Crippen molar-refractivity contribution in [1.29, 1.82) is 0 Å². The van der Waals surface area contributed by atoms with E-state index in [4.69, 9.17) is 4.74 Å². The standard InChI is InChI=1S/C19H16O5S2/c20-25(21)12-3-1-2-4-13(12)26(22,23)19-15-8-7-14(24-15)18(19,25)16-10-5-6-11(9-10)17(16)19/h1-8,10-11,14-17H,9H2/t10-,11+,14+,15-,16+,17-,18+,19-. The second kappa shape index (κ2) is 3.75. The Kier molecular flexibility index (Phi) is 2.10. The Hall–Kier alpha value is -1.44. The van der Waals surface area contributed by atoms with Gasteiger partial charge >= 0.3 is 0 Å². The van der Waals surface area contributed by atoms with Gasteiger partial charge < -0.3 is 4.74 Å². The van der Waals surface area contributed by atoms with Crippen molar-refractivity contribution < 1.29 is 21.6 Å². The quantitative estimate of drug-likeness (QED) is 0.630. The van der Waals surface area contributed by atoms with Crippen molar-refractivity contribution >= 4 is 19.7 Å². The molecular formula is C19H16O5S2. The second-order valence-corrected chi connectivity index (χ2v) is 12.6. The molecule has 3 heterocycles. The molecule has 6 aliphatic rings. The summed E-state index contributed by atoms with van der Waals surface area (Å²) in [6.45, 7) is 0. The van der Waals surface area contributed by atoms with Crippen molar-refractivity contribution in [2.75, 3.05) is 0 Å². The van der Waals surface area contributed by atoms with Crippen LogP contribution in [0.3, 0.4) is 0 Å². The Morgan fingerprint density at radius 1 is 0.769 bits per heavy atom. The second-order valence-electron chi connectivity index (χ2n) is 8.40. The maximum absolute atomic E-state index is 14.0. The Balaban J connectivity index is 1.71. The van der Waals surface area contributed by atoms with Gasteiger partial charge in [-0.2, -0.15) is 0 Å². The van der Waals surface area contributed by atoms with Crippen LogP contribution >= 0.6 is 0 Å². The molecule has 0 amide bonds. The highest BCUT2D eigenvalue weighted by Crippen LogP contribution is 2.81. The van der Waals surface area contributed by atoms with Crippen LogP contribution in [-0.2, 0) is 24.4 Å². The lowest BCUT2D eigenvalue weighted by Gasteiger charge is -2.68. The van der Waals surface area contributed by atoms with Crippen molar-refractivity contribution in [3.63, 3.8) is 0 Å². The van der Waals surface area contributed by atoms with E-state index >= 15 is 0 Å². The molecule has 7 rings (SSSR count). The molecule has 3 fully saturated rings. The summed E-state index contributed by atoms with van der Waals surface area (Å²) < 4.78 is 59.1. The fourth-order valence-corrected chi connectivity index (χ4v) is 14.3. The van der Waals surface area contributed by atoms with Crippen molar-refractivity contribution in [1.82, 2.24) is 0 Å². The minimum Gasteiger partial charge on any atom is -0.363 e. The summed E-state index contributed by atoms with van der Waals surface area (Å²) in [7, 11) is -7.72. The number of rotatable bonds is 0. The molecule has 0 unspecified atom stereocenters. The average molecular weight is 388 g/mol. The van der Waals surface area contributed by atoms with E-state index in [1.54, 1.807) is 24.3 Å². The van der Waals surface area contributed by atoms with E-state index in [-0.39, 0.29) is 33.5 Å². The first-order valence-electron chi connectivity index (χ1n) is 9.00. The molecule has 2 saturated carbocycles. The summed E-state index contributed by atoms with van der Waals surface area (Å²) in [6.07, 6.45) is 7.29. The molecule has 0 spiro atoms. The van der Waals surface area contributed by atoms with Gasteiger partial charge in [0.05, 0.1) is 22.0 Å². The van der Waals surface area contributed by atoms with Crippen LogP contribution in [0.15, 0.2) is 58.4 Å². The van der Waals surface area contributed by atoms with Crippen LogP contribution in [0.2, 0.25) is 0 Å². The summed E-state index contributed by atoms with van der Waals surface area (Å²) in [5.74, 6) is -0.0920. The Labute approximate surface area is 151 Å². The molecule has 4 bridgehead atoms. The van der Waals surface area contributed by atoms with E-state index in [9.17, 15) is 16.8 Å². The summed E-state index contributed by atoms with van der Waals surface area (Å²) in [5.41, 5.74) is 0. The Morgan fingerprint density at radius 3 is 1.69 bits per heavy atom. The normalized spacial score (nSPS) is 54.3. The summed E-state index contributed by atoms with van der Waals surface area (Å²) in [5, 5.41) is 0. The molecule has 0 aromatic heterocycles. The van der Waals surface area contributed by atoms with E-state index in [0.29, 0.717) is 0 Å². The first kappa shape index (κ1) is 14.6. The molecule has 1 aromatic carbocycles. The number of fused-ring (bicyclic) bond motifs is 8. The number of benzene rings is 1. The first-order chi connectivity index (χ1) is 12.4. The average Bonchev–Trinajstić information content (AvgIpc) is 3.33. The summed E-state index contributed by atoms with van der Waals surface area (Å²) in [6, 6.07) is 6.12. The van der Waals surface area contributed by atoms with Gasteiger partial charge in [0.2, 0.25) is 0 Å². The van der Waals surface area contributed by atoms with E-state index < -0.39 is 41.4 Å². The van der Waals surface area contributed by atoms with Gasteiger partial charge in [0.15, 0.2) is 19.7 Å². The highest BCUT2D eigenvalue weighted by atomic mass is 32.2. The summed E-state index contributed by atoms with van der Waals surface area (Å²) >= 11 is 0. The van der Waals surface area contributed by atoms with Crippen LogP contribution in [0.5, 0.6) is 0 Å². The van der Waals surface area contributed by atoms with Gasteiger partial charge in [-0.3, -0.25) is 0 Å². The third kappa shape index (κ3) is 0.997. The van der Waals surface area contributed by atoms with E-state index in [1.807, 2.05) is 0 Å². The molecule has 1 aromatic rings. The van der Waals surface area contributed by atoms with Gasteiger partial charge in [-0.15, -0.1) is 0 Å². The zero-order valence-electron chi connectivity index (χ0n) is 13.6. The topological polar surface area (TPSA) is 77.5 Å². The maximum Gasteiger partial charge on any atom is 0.190 e. The smallest absolute Gasteiger partial charge is 0.190 e. The van der Waals surface area contributed by atoms with Crippen molar-refractivity contribution in [3.8, 4) is 0 Å². The van der Waals surface area contributed by atoms with Crippen LogP contribution in [0.4, 0.5) is 0 Å². The lowest BCUT2D eigenvalue weighted by atomic mass is 9.48. The number of hydrogen-bond donors (Lipinski definition) is 0. The SMILES string of the molecule is O=S1(=O)c2ccccc2S(=O)(=O)[C@@]23[C@@H]4[C@@H]([C@H]5C=C[C@@H]4C5)[C@]21[C@H]1C=C[C@@H]3O1. The molecular weight excluding hydrogens is 372 g/mol. The lowest BCUT2D eigenvalue weighted by Crippen LogP contribution is -2.86. The molecule has 8 atom stereocenters. The zero-order chi connectivity index (χ0) is 17.7. The predicted octanol–water partition coefficient (Wildman–Crippen LogP) is 1.51. The number of sulfone groups is 2. The van der Waals surface area contributed by atoms with Crippen molar-refractivity contribution in [2.24, 2.45) is 23.7 Å². The summed E-state index contributed by atoms with van der Waals surface area (Å²) in [4.78, 5) is -0.0734. The fourth-order valence-electron chi connectivity index (χ4n) is 7.52.